The van der Waals surface area contributed by atoms with Crippen LogP contribution in [0.3, 0.4) is 0 Å². The molecule has 0 fully saturated rings. The molecule has 8 nitrogen and oxygen atoms in total. The van der Waals surface area contributed by atoms with E-state index in [1.165, 1.54) is 20.1 Å². The van der Waals surface area contributed by atoms with Crippen molar-refractivity contribution in [2.24, 2.45) is 0 Å². The molecule has 1 aromatic carbocycles. The van der Waals surface area contributed by atoms with E-state index in [2.05, 4.69) is 16.0 Å². The molecule has 0 aliphatic carbocycles. The lowest BCUT2D eigenvalue weighted by Gasteiger charge is -2.22. The predicted octanol–water partition coefficient (Wildman–Crippen LogP) is 1.29. The lowest BCUT2D eigenvalue weighted by molar-refractivity contribution is -0.136. The van der Waals surface area contributed by atoms with Crippen LogP contribution < -0.4 is 16.0 Å². The highest BCUT2D eigenvalue weighted by atomic mass is 16.3. The van der Waals surface area contributed by atoms with Crippen molar-refractivity contribution >= 4 is 29.1 Å². The van der Waals surface area contributed by atoms with Gasteiger partial charge in [0, 0.05) is 31.3 Å². The Bertz CT molecular complexity index is 767. The highest BCUT2D eigenvalue weighted by Crippen LogP contribution is 2.14. The fraction of sp³-hybridized carbons (Fsp3) is 0.278. The molecule has 0 spiro atoms. The summed E-state index contributed by atoms with van der Waals surface area (Å²) in [7, 11) is 0. The van der Waals surface area contributed by atoms with Crippen molar-refractivity contribution in [3.05, 3.63) is 48.4 Å². The van der Waals surface area contributed by atoms with E-state index in [9.17, 15) is 19.5 Å². The van der Waals surface area contributed by atoms with Gasteiger partial charge in [0.05, 0.1) is 11.9 Å². The van der Waals surface area contributed by atoms with E-state index in [1.54, 1.807) is 36.4 Å². The number of benzene rings is 1. The van der Waals surface area contributed by atoms with Crippen LogP contribution in [0, 0.1) is 0 Å². The molecule has 0 radical (unpaired) electrons. The second-order valence-electron chi connectivity index (χ2n) is 6.15. The molecule has 0 saturated heterocycles. The maximum Gasteiger partial charge on any atom is 0.313 e. The number of aliphatic hydroxyl groups is 1. The molecule has 138 valence electrons. The zero-order valence-electron chi connectivity index (χ0n) is 14.5. The average Bonchev–Trinajstić information content (AvgIpc) is 3.06. The SMILES string of the molecule is CC(=O)Nc1ccc(NC(=O)C(=O)NCC(C)(O)Cc2ccco2)cc1. The number of furan rings is 1. The number of hydrogen-bond acceptors (Lipinski definition) is 5. The van der Waals surface area contributed by atoms with Crippen molar-refractivity contribution in [3.63, 3.8) is 0 Å². The first-order valence-electron chi connectivity index (χ1n) is 7.97. The zero-order chi connectivity index (χ0) is 19.2. The first kappa shape index (κ1) is 19.2. The Labute approximate surface area is 150 Å². The van der Waals surface area contributed by atoms with E-state index in [0.29, 0.717) is 17.1 Å². The molecule has 0 bridgehead atoms. The van der Waals surface area contributed by atoms with Crippen LogP contribution in [0.25, 0.3) is 0 Å². The summed E-state index contributed by atoms with van der Waals surface area (Å²) in [5.41, 5.74) is -0.274. The van der Waals surface area contributed by atoms with Crippen LogP contribution in [0.2, 0.25) is 0 Å². The molecule has 0 aliphatic heterocycles. The van der Waals surface area contributed by atoms with E-state index in [1.807, 2.05) is 0 Å². The Morgan fingerprint density at radius 3 is 2.19 bits per heavy atom. The molecule has 0 saturated carbocycles. The summed E-state index contributed by atoms with van der Waals surface area (Å²) >= 11 is 0. The molecule has 8 heteroatoms. The number of anilines is 2. The lowest BCUT2D eigenvalue weighted by atomic mass is 10.0. The van der Waals surface area contributed by atoms with E-state index >= 15 is 0 Å². The Morgan fingerprint density at radius 1 is 1.04 bits per heavy atom. The van der Waals surface area contributed by atoms with Crippen molar-refractivity contribution in [1.29, 1.82) is 0 Å². The van der Waals surface area contributed by atoms with Gasteiger partial charge in [0.2, 0.25) is 5.91 Å². The highest BCUT2D eigenvalue weighted by Gasteiger charge is 2.25. The summed E-state index contributed by atoms with van der Waals surface area (Å²) in [4.78, 5) is 34.8. The van der Waals surface area contributed by atoms with Crippen LogP contribution in [0.15, 0.2) is 47.1 Å². The number of amides is 3. The van der Waals surface area contributed by atoms with Crippen LogP contribution in [0.4, 0.5) is 11.4 Å². The first-order chi connectivity index (χ1) is 12.2. The lowest BCUT2D eigenvalue weighted by Crippen LogP contribution is -2.45. The fourth-order valence-electron chi connectivity index (χ4n) is 2.23. The van der Waals surface area contributed by atoms with Crippen molar-refractivity contribution in [1.82, 2.24) is 5.32 Å². The molecule has 2 aromatic rings. The number of hydrogen-bond donors (Lipinski definition) is 4. The monoisotopic (exact) mass is 359 g/mol. The van der Waals surface area contributed by atoms with Crippen molar-refractivity contribution in [2.45, 2.75) is 25.9 Å². The number of carbonyl (C=O) groups excluding carboxylic acids is 3. The van der Waals surface area contributed by atoms with Gasteiger partial charge in [-0.25, -0.2) is 0 Å². The van der Waals surface area contributed by atoms with Crippen LogP contribution in [0.1, 0.15) is 19.6 Å². The quantitative estimate of drug-likeness (QED) is 0.579. The van der Waals surface area contributed by atoms with E-state index in [0.717, 1.165) is 0 Å². The van der Waals surface area contributed by atoms with Gasteiger partial charge < -0.3 is 25.5 Å². The molecule has 1 atom stereocenters. The minimum Gasteiger partial charge on any atom is -0.469 e. The third-order valence-electron chi connectivity index (χ3n) is 3.43. The van der Waals surface area contributed by atoms with Gasteiger partial charge in [-0.15, -0.1) is 0 Å². The molecule has 1 unspecified atom stereocenters. The molecule has 4 N–H and O–H groups in total. The minimum absolute atomic E-state index is 0.110. The summed E-state index contributed by atoms with van der Waals surface area (Å²) in [5.74, 6) is -1.35. The smallest absolute Gasteiger partial charge is 0.313 e. The molecule has 26 heavy (non-hydrogen) atoms. The van der Waals surface area contributed by atoms with Gasteiger partial charge in [0.15, 0.2) is 0 Å². The Balaban J connectivity index is 1.83. The van der Waals surface area contributed by atoms with Gasteiger partial charge in [-0.1, -0.05) is 0 Å². The Morgan fingerprint density at radius 2 is 1.65 bits per heavy atom. The van der Waals surface area contributed by atoms with E-state index in [-0.39, 0.29) is 18.9 Å². The van der Waals surface area contributed by atoms with E-state index in [4.69, 9.17) is 4.42 Å². The topological polar surface area (TPSA) is 121 Å². The zero-order valence-corrected chi connectivity index (χ0v) is 14.5. The highest BCUT2D eigenvalue weighted by molar-refractivity contribution is 6.39. The van der Waals surface area contributed by atoms with Gasteiger partial charge in [-0.3, -0.25) is 14.4 Å². The summed E-state index contributed by atoms with van der Waals surface area (Å²) in [6, 6.07) is 9.74. The van der Waals surface area contributed by atoms with Gasteiger partial charge in [-0.05, 0) is 43.3 Å². The standard InChI is InChI=1S/C18H21N3O5/c1-12(22)20-13-5-7-14(8-6-13)21-17(24)16(23)19-11-18(2,25)10-15-4-3-9-26-15/h3-9,25H,10-11H2,1-2H3,(H,19,23)(H,20,22)(H,21,24). The van der Waals surface area contributed by atoms with Gasteiger partial charge in [0.25, 0.3) is 0 Å². The molecular weight excluding hydrogens is 338 g/mol. The van der Waals surface area contributed by atoms with Gasteiger partial charge >= 0.3 is 11.8 Å². The van der Waals surface area contributed by atoms with Crippen LogP contribution in [0.5, 0.6) is 0 Å². The molecule has 1 heterocycles. The molecule has 0 aliphatic rings. The maximum atomic E-state index is 11.9. The normalized spacial score (nSPS) is 12.7. The van der Waals surface area contributed by atoms with E-state index < -0.39 is 17.4 Å². The molecule has 1 aromatic heterocycles. The molecule has 3 amide bonds. The van der Waals surface area contributed by atoms with Gasteiger partial charge in [0.1, 0.15) is 5.76 Å². The first-order valence-corrected chi connectivity index (χ1v) is 7.97. The van der Waals surface area contributed by atoms with Crippen LogP contribution in [-0.2, 0) is 20.8 Å². The maximum absolute atomic E-state index is 11.9. The van der Waals surface area contributed by atoms with Crippen molar-refractivity contribution in [3.8, 4) is 0 Å². The summed E-state index contributed by atoms with van der Waals surface area (Å²) in [6.45, 7) is 2.82. The fourth-order valence-corrected chi connectivity index (χ4v) is 2.23. The average molecular weight is 359 g/mol. The largest absolute Gasteiger partial charge is 0.469 e. The summed E-state index contributed by atoms with van der Waals surface area (Å²) < 4.78 is 5.16. The third-order valence-corrected chi connectivity index (χ3v) is 3.43. The predicted molar refractivity (Wildman–Crippen MR) is 95.4 cm³/mol. The number of rotatable bonds is 6. The Kier molecular flexibility index (Phi) is 6.13. The van der Waals surface area contributed by atoms with Crippen LogP contribution >= 0.6 is 0 Å². The van der Waals surface area contributed by atoms with Gasteiger partial charge in [-0.2, -0.15) is 0 Å². The summed E-state index contributed by atoms with van der Waals surface area (Å²) in [6.07, 6.45) is 1.70. The summed E-state index contributed by atoms with van der Waals surface area (Å²) in [5, 5.41) is 17.7. The number of carbonyl (C=O) groups is 3. The second-order valence-corrected chi connectivity index (χ2v) is 6.15. The second kappa shape index (κ2) is 8.30. The third kappa shape index (κ3) is 6.06. The molecular formula is C18H21N3O5. The number of nitrogens with one attached hydrogen (secondary N) is 3. The minimum atomic E-state index is -1.26. The van der Waals surface area contributed by atoms with Crippen LogP contribution in [-0.4, -0.2) is 35.0 Å². The van der Waals surface area contributed by atoms with Crippen molar-refractivity contribution in [2.75, 3.05) is 17.2 Å². The Hall–Kier alpha value is -3.13. The van der Waals surface area contributed by atoms with Crippen molar-refractivity contribution < 1.29 is 23.9 Å². The molecule has 2 rings (SSSR count).